The highest BCUT2D eigenvalue weighted by Gasteiger charge is 2.53. The van der Waals surface area contributed by atoms with Crippen LogP contribution in [-0.4, -0.2) is 34.9 Å². The molecule has 1 spiro atoms. The van der Waals surface area contributed by atoms with E-state index in [1.807, 2.05) is 24.3 Å². The highest BCUT2D eigenvalue weighted by molar-refractivity contribution is 6.07. The van der Waals surface area contributed by atoms with Crippen LogP contribution in [0, 0.1) is 0 Å². The van der Waals surface area contributed by atoms with Crippen LogP contribution < -0.4 is 10.5 Å². The number of rotatable bonds is 3. The predicted molar refractivity (Wildman–Crippen MR) is 115 cm³/mol. The zero-order chi connectivity index (χ0) is 20.7. The number of amides is 1. The number of carbonyl (C=O) groups is 1. The Balaban J connectivity index is 1.55. The minimum absolute atomic E-state index is 0.0728. The van der Waals surface area contributed by atoms with Crippen LogP contribution in [0.25, 0.3) is 0 Å². The number of pyridine rings is 1. The Labute approximate surface area is 177 Å². The first-order valence-electron chi connectivity index (χ1n) is 10.9. The first-order valence-corrected chi connectivity index (χ1v) is 10.9. The highest BCUT2D eigenvalue weighted by atomic mass is 16.5. The second-order valence-electron chi connectivity index (χ2n) is 8.75. The van der Waals surface area contributed by atoms with Crippen molar-refractivity contribution in [2.24, 2.45) is 10.7 Å². The quantitative estimate of drug-likeness (QED) is 0.849. The van der Waals surface area contributed by atoms with Gasteiger partial charge in [-0.05, 0) is 48.6 Å². The van der Waals surface area contributed by atoms with Gasteiger partial charge in [0.25, 0.3) is 5.91 Å². The topological polar surface area (TPSA) is 80.8 Å². The molecular formula is C24H28N4O2. The summed E-state index contributed by atoms with van der Waals surface area (Å²) in [4.78, 5) is 24.0. The second-order valence-corrected chi connectivity index (χ2v) is 8.75. The summed E-state index contributed by atoms with van der Waals surface area (Å²) in [5, 5.41) is 0. The van der Waals surface area contributed by atoms with Crippen LogP contribution in [-0.2, 0) is 16.8 Å². The normalized spacial score (nSPS) is 26.4. The van der Waals surface area contributed by atoms with Crippen LogP contribution >= 0.6 is 0 Å². The number of aliphatic imine (C=N–C) groups is 1. The third-order valence-corrected chi connectivity index (χ3v) is 6.81. The van der Waals surface area contributed by atoms with Gasteiger partial charge in [0, 0.05) is 37.3 Å². The Morgan fingerprint density at radius 3 is 2.73 bits per heavy atom. The number of nitrogens with zero attached hydrogens (tertiary/aromatic N) is 3. The van der Waals surface area contributed by atoms with Crippen LogP contribution in [0.2, 0.25) is 0 Å². The van der Waals surface area contributed by atoms with Crippen molar-refractivity contribution in [2.75, 3.05) is 7.05 Å². The molecule has 1 fully saturated rings. The minimum atomic E-state index is -1.00. The van der Waals surface area contributed by atoms with E-state index in [1.54, 1.807) is 13.2 Å². The molecular weight excluding hydrogens is 376 g/mol. The summed E-state index contributed by atoms with van der Waals surface area (Å²) in [6.07, 6.45) is 8.93. The van der Waals surface area contributed by atoms with Gasteiger partial charge in [0.15, 0.2) is 11.5 Å². The van der Waals surface area contributed by atoms with Crippen molar-refractivity contribution in [1.82, 2.24) is 9.88 Å². The van der Waals surface area contributed by atoms with Crippen LogP contribution in [0.15, 0.2) is 47.6 Å². The molecule has 1 amide bonds. The molecule has 0 radical (unpaired) electrons. The van der Waals surface area contributed by atoms with Gasteiger partial charge in [-0.2, -0.15) is 0 Å². The fraction of sp³-hybridized carbons (Fsp3) is 0.458. The monoisotopic (exact) mass is 404 g/mol. The SMILES string of the molecule is CN1C(=O)C2(CC(Cc3ccccn3)Oc3ccc(C4CCCCC4)cc32)N=C1N. The lowest BCUT2D eigenvalue weighted by atomic mass is 9.77. The number of carbonyl (C=O) groups excluding carboxylic acids is 1. The lowest BCUT2D eigenvalue weighted by Gasteiger charge is -2.37. The molecule has 3 aliphatic rings. The average molecular weight is 405 g/mol. The molecule has 1 saturated carbocycles. The molecule has 156 valence electrons. The smallest absolute Gasteiger partial charge is 0.261 e. The summed E-state index contributed by atoms with van der Waals surface area (Å²) < 4.78 is 6.36. The van der Waals surface area contributed by atoms with Gasteiger partial charge in [-0.25, -0.2) is 4.99 Å². The van der Waals surface area contributed by atoms with Gasteiger partial charge in [0.05, 0.1) is 0 Å². The van der Waals surface area contributed by atoms with E-state index in [1.165, 1.54) is 42.6 Å². The van der Waals surface area contributed by atoms with E-state index in [0.29, 0.717) is 18.8 Å². The Kier molecular flexibility index (Phi) is 4.72. The lowest BCUT2D eigenvalue weighted by Crippen LogP contribution is -2.46. The summed E-state index contributed by atoms with van der Waals surface area (Å²) in [5.41, 5.74) is 8.20. The molecule has 0 bridgehead atoms. The van der Waals surface area contributed by atoms with E-state index in [0.717, 1.165) is 17.0 Å². The summed E-state index contributed by atoms with van der Waals surface area (Å²) >= 11 is 0. The number of likely N-dealkylation sites (N-methyl/N-ethyl adjacent to an activating group) is 1. The molecule has 2 unspecified atom stereocenters. The van der Waals surface area contributed by atoms with Gasteiger partial charge in [-0.1, -0.05) is 31.4 Å². The first-order chi connectivity index (χ1) is 14.6. The number of guanidine groups is 1. The Morgan fingerprint density at radius 1 is 1.20 bits per heavy atom. The minimum Gasteiger partial charge on any atom is -0.490 e. The first kappa shape index (κ1) is 19.1. The third-order valence-electron chi connectivity index (χ3n) is 6.81. The second kappa shape index (κ2) is 7.42. The van der Waals surface area contributed by atoms with Crippen molar-refractivity contribution in [1.29, 1.82) is 0 Å². The van der Waals surface area contributed by atoms with Crippen molar-refractivity contribution >= 4 is 11.9 Å². The van der Waals surface area contributed by atoms with Crippen molar-refractivity contribution in [3.8, 4) is 5.75 Å². The predicted octanol–water partition coefficient (Wildman–Crippen LogP) is 3.51. The number of nitrogens with two attached hydrogens (primary N) is 1. The fourth-order valence-corrected chi connectivity index (χ4v) is 5.20. The maximum absolute atomic E-state index is 13.4. The number of hydrogen-bond donors (Lipinski definition) is 1. The molecule has 1 aromatic heterocycles. The van der Waals surface area contributed by atoms with E-state index >= 15 is 0 Å². The largest absolute Gasteiger partial charge is 0.490 e. The average Bonchev–Trinajstić information content (AvgIpc) is 2.99. The molecule has 3 heterocycles. The van der Waals surface area contributed by atoms with E-state index in [9.17, 15) is 4.79 Å². The van der Waals surface area contributed by atoms with E-state index in [-0.39, 0.29) is 18.0 Å². The van der Waals surface area contributed by atoms with E-state index in [2.05, 4.69) is 17.1 Å². The van der Waals surface area contributed by atoms with Gasteiger partial charge >= 0.3 is 0 Å². The molecule has 30 heavy (non-hydrogen) atoms. The van der Waals surface area contributed by atoms with Gasteiger partial charge in [-0.3, -0.25) is 14.7 Å². The number of ether oxygens (including phenoxy) is 1. The maximum atomic E-state index is 13.4. The summed E-state index contributed by atoms with van der Waals surface area (Å²) in [6, 6.07) is 12.2. The molecule has 2 atom stereocenters. The van der Waals surface area contributed by atoms with Crippen LogP contribution in [0.4, 0.5) is 0 Å². The molecule has 2 N–H and O–H groups in total. The summed E-state index contributed by atoms with van der Waals surface area (Å²) in [7, 11) is 1.70. The number of benzene rings is 1. The molecule has 2 aromatic rings. The van der Waals surface area contributed by atoms with Crippen LogP contribution in [0.5, 0.6) is 5.75 Å². The molecule has 5 rings (SSSR count). The third kappa shape index (κ3) is 3.15. The standard InChI is InChI=1S/C24H28N4O2/c1-28-22(29)24(27-23(28)25)15-19(14-18-9-5-6-12-26-18)30-21-11-10-17(13-20(21)24)16-7-3-2-4-8-16/h5-6,9-13,16,19H,2-4,7-8,14-15H2,1H3,(H2,25,27). The van der Waals surface area contributed by atoms with E-state index < -0.39 is 5.54 Å². The van der Waals surface area contributed by atoms with Gasteiger partial charge < -0.3 is 10.5 Å². The molecule has 1 aliphatic carbocycles. The van der Waals surface area contributed by atoms with E-state index in [4.69, 9.17) is 15.5 Å². The van der Waals surface area contributed by atoms with Crippen molar-refractivity contribution in [3.05, 3.63) is 59.4 Å². The summed E-state index contributed by atoms with van der Waals surface area (Å²) in [5.74, 6) is 1.48. The highest BCUT2D eigenvalue weighted by Crippen LogP contribution is 2.47. The fourth-order valence-electron chi connectivity index (χ4n) is 5.20. The number of fused-ring (bicyclic) bond motifs is 2. The zero-order valence-corrected chi connectivity index (χ0v) is 17.4. The lowest BCUT2D eigenvalue weighted by molar-refractivity contribution is -0.132. The van der Waals surface area contributed by atoms with Gasteiger partial charge in [0.2, 0.25) is 0 Å². The maximum Gasteiger partial charge on any atom is 0.261 e. The van der Waals surface area contributed by atoms with Crippen LogP contribution in [0.1, 0.15) is 61.3 Å². The Hall–Kier alpha value is -2.89. The van der Waals surface area contributed by atoms with Crippen LogP contribution in [0.3, 0.4) is 0 Å². The Bertz CT molecular complexity index is 984. The molecule has 1 aromatic carbocycles. The number of aromatic nitrogens is 1. The number of hydrogen-bond acceptors (Lipinski definition) is 5. The molecule has 6 nitrogen and oxygen atoms in total. The Morgan fingerprint density at radius 2 is 2.03 bits per heavy atom. The molecule has 0 saturated heterocycles. The van der Waals surface area contributed by atoms with Crippen molar-refractivity contribution in [3.63, 3.8) is 0 Å². The molecule has 6 heteroatoms. The zero-order valence-electron chi connectivity index (χ0n) is 17.4. The van der Waals surface area contributed by atoms with Crippen molar-refractivity contribution < 1.29 is 9.53 Å². The van der Waals surface area contributed by atoms with Gasteiger partial charge in [-0.15, -0.1) is 0 Å². The van der Waals surface area contributed by atoms with Crippen molar-refractivity contribution in [2.45, 2.75) is 62.5 Å². The van der Waals surface area contributed by atoms with Gasteiger partial charge in [0.1, 0.15) is 11.9 Å². The summed E-state index contributed by atoms with van der Waals surface area (Å²) in [6.45, 7) is 0. The molecule has 2 aliphatic heterocycles.